The summed E-state index contributed by atoms with van der Waals surface area (Å²) in [5.41, 5.74) is 2.38. The van der Waals surface area contributed by atoms with Gasteiger partial charge in [-0.2, -0.15) is 0 Å². The van der Waals surface area contributed by atoms with Gasteiger partial charge in [-0.3, -0.25) is 14.7 Å². The first-order valence-corrected chi connectivity index (χ1v) is 10.3. The number of likely N-dealkylation sites (tertiary alicyclic amines) is 1. The Morgan fingerprint density at radius 1 is 1.18 bits per heavy atom. The number of piperidine rings is 1. The van der Waals surface area contributed by atoms with E-state index in [0.717, 1.165) is 6.54 Å². The summed E-state index contributed by atoms with van der Waals surface area (Å²) < 4.78 is 0. The van der Waals surface area contributed by atoms with Crippen LogP contribution in [0.2, 0.25) is 0 Å². The van der Waals surface area contributed by atoms with Gasteiger partial charge in [-0.25, -0.2) is 0 Å². The molecule has 1 heterocycles. The fraction of sp³-hybridized carbons (Fsp3) is 0.636. The van der Waals surface area contributed by atoms with Crippen molar-refractivity contribution in [1.82, 2.24) is 20.9 Å². The summed E-state index contributed by atoms with van der Waals surface area (Å²) in [7, 11) is 1.72. The number of carbonyl (C=O) groups excluding carboxylic acids is 1. The van der Waals surface area contributed by atoms with E-state index >= 15 is 0 Å². The molecule has 0 bridgehead atoms. The second-order valence-corrected chi connectivity index (χ2v) is 8.66. The number of hydrogen-bond acceptors (Lipinski definition) is 3. The van der Waals surface area contributed by atoms with Gasteiger partial charge in [-0.1, -0.05) is 30.7 Å². The molecule has 1 aliphatic heterocycles. The molecule has 156 valence electrons. The predicted molar refractivity (Wildman–Crippen MR) is 116 cm³/mol. The number of aliphatic imine (C=N–C) groups is 1. The van der Waals surface area contributed by atoms with Gasteiger partial charge < -0.3 is 16.0 Å². The van der Waals surface area contributed by atoms with Gasteiger partial charge in [0.15, 0.2) is 5.96 Å². The van der Waals surface area contributed by atoms with Crippen LogP contribution in [0.3, 0.4) is 0 Å². The Kier molecular flexibility index (Phi) is 8.30. The zero-order valence-electron chi connectivity index (χ0n) is 18.1. The lowest BCUT2D eigenvalue weighted by Crippen LogP contribution is -2.48. The summed E-state index contributed by atoms with van der Waals surface area (Å²) in [4.78, 5) is 18.8. The van der Waals surface area contributed by atoms with Crippen LogP contribution < -0.4 is 16.0 Å². The van der Waals surface area contributed by atoms with Crippen LogP contribution in [0.15, 0.2) is 29.3 Å². The molecule has 0 aromatic heterocycles. The van der Waals surface area contributed by atoms with Crippen LogP contribution >= 0.6 is 0 Å². The second kappa shape index (κ2) is 10.5. The van der Waals surface area contributed by atoms with Crippen molar-refractivity contribution in [3.8, 4) is 0 Å². The summed E-state index contributed by atoms with van der Waals surface area (Å²) >= 11 is 0. The Balaban J connectivity index is 1.89. The van der Waals surface area contributed by atoms with E-state index in [2.05, 4.69) is 57.0 Å². The van der Waals surface area contributed by atoms with Gasteiger partial charge in [0.05, 0.1) is 6.54 Å². The highest BCUT2D eigenvalue weighted by atomic mass is 16.2. The van der Waals surface area contributed by atoms with E-state index in [0.29, 0.717) is 18.5 Å². The lowest BCUT2D eigenvalue weighted by atomic mass is 10.0. The van der Waals surface area contributed by atoms with E-state index in [1.54, 1.807) is 7.05 Å². The molecule has 1 aromatic rings. The van der Waals surface area contributed by atoms with Crippen molar-refractivity contribution < 1.29 is 4.79 Å². The van der Waals surface area contributed by atoms with Crippen LogP contribution in [-0.4, -0.2) is 48.5 Å². The van der Waals surface area contributed by atoms with Gasteiger partial charge in [0.1, 0.15) is 0 Å². The van der Waals surface area contributed by atoms with E-state index in [-0.39, 0.29) is 18.0 Å². The molecular weight excluding hydrogens is 350 g/mol. The van der Waals surface area contributed by atoms with Gasteiger partial charge in [0.25, 0.3) is 0 Å². The largest absolute Gasteiger partial charge is 0.352 e. The number of nitrogens with one attached hydrogen (secondary N) is 3. The van der Waals surface area contributed by atoms with Gasteiger partial charge in [-0.15, -0.1) is 0 Å². The maximum atomic E-state index is 12.0. The first-order chi connectivity index (χ1) is 13.3. The minimum Gasteiger partial charge on any atom is -0.352 e. The summed E-state index contributed by atoms with van der Waals surface area (Å²) in [6.07, 6.45) is 3.91. The molecule has 28 heavy (non-hydrogen) atoms. The number of amides is 1. The van der Waals surface area contributed by atoms with Gasteiger partial charge in [-0.05, 0) is 58.2 Å². The number of hydrogen-bond donors (Lipinski definition) is 3. The van der Waals surface area contributed by atoms with E-state index < -0.39 is 0 Å². The molecular formula is C22H37N5O. The highest BCUT2D eigenvalue weighted by molar-refractivity contribution is 5.86. The highest BCUT2D eigenvalue weighted by Gasteiger charge is 2.19. The average Bonchev–Trinajstić information content (AvgIpc) is 2.63. The maximum absolute atomic E-state index is 12.0. The molecule has 6 heteroatoms. The molecule has 1 amide bonds. The van der Waals surface area contributed by atoms with Crippen LogP contribution in [0.1, 0.15) is 58.1 Å². The third-order valence-corrected chi connectivity index (χ3v) is 5.03. The molecule has 1 atom stereocenters. The van der Waals surface area contributed by atoms with Crippen LogP contribution in [0.4, 0.5) is 0 Å². The molecule has 2 rings (SSSR count). The van der Waals surface area contributed by atoms with E-state index in [4.69, 9.17) is 0 Å². The van der Waals surface area contributed by atoms with Crippen LogP contribution in [0, 0.1) is 0 Å². The lowest BCUT2D eigenvalue weighted by molar-refractivity contribution is -0.121. The zero-order valence-corrected chi connectivity index (χ0v) is 18.1. The first kappa shape index (κ1) is 22.2. The molecule has 6 nitrogen and oxygen atoms in total. The van der Waals surface area contributed by atoms with E-state index in [9.17, 15) is 4.79 Å². The standard InChI is InChI=1S/C22H37N5O/c1-17-10-8-9-13-27(17)16-19-12-7-6-11-18(19)14-24-21(23-5)25-15-20(28)26-22(2,3)4/h6-7,11-12,17H,8-10,13-16H2,1-5H3,(H,26,28)(H2,23,24,25). The SMILES string of the molecule is CN=C(NCC(=O)NC(C)(C)C)NCc1ccccc1CN1CCCCC1C. The van der Waals surface area contributed by atoms with E-state index in [1.165, 1.54) is 36.9 Å². The molecule has 1 aliphatic rings. The van der Waals surface area contributed by atoms with Crippen molar-refractivity contribution in [2.45, 2.75) is 71.6 Å². The number of rotatable bonds is 6. The monoisotopic (exact) mass is 387 g/mol. The quantitative estimate of drug-likeness (QED) is 0.518. The summed E-state index contributed by atoms with van der Waals surface area (Å²) in [6, 6.07) is 9.21. The van der Waals surface area contributed by atoms with Crippen molar-refractivity contribution in [1.29, 1.82) is 0 Å². The van der Waals surface area contributed by atoms with Crippen molar-refractivity contribution in [2.75, 3.05) is 20.1 Å². The molecule has 3 N–H and O–H groups in total. The first-order valence-electron chi connectivity index (χ1n) is 10.3. The molecule has 0 aliphatic carbocycles. The fourth-order valence-electron chi connectivity index (χ4n) is 3.52. The molecule has 0 saturated carbocycles. The molecule has 1 fully saturated rings. The van der Waals surface area contributed by atoms with Gasteiger partial charge in [0.2, 0.25) is 5.91 Å². The molecule has 0 spiro atoms. The third kappa shape index (κ3) is 7.50. The number of guanidine groups is 1. The lowest BCUT2D eigenvalue weighted by Gasteiger charge is -2.33. The molecule has 1 aromatic carbocycles. The number of carbonyl (C=O) groups is 1. The summed E-state index contributed by atoms with van der Waals surface area (Å²) in [5, 5.41) is 9.36. The highest BCUT2D eigenvalue weighted by Crippen LogP contribution is 2.20. The summed E-state index contributed by atoms with van der Waals surface area (Å²) in [6.45, 7) is 11.3. The van der Waals surface area contributed by atoms with Crippen molar-refractivity contribution in [3.05, 3.63) is 35.4 Å². The number of benzene rings is 1. The van der Waals surface area contributed by atoms with Crippen molar-refractivity contribution >= 4 is 11.9 Å². The van der Waals surface area contributed by atoms with Gasteiger partial charge >= 0.3 is 0 Å². The molecule has 1 unspecified atom stereocenters. The van der Waals surface area contributed by atoms with Gasteiger partial charge in [0, 0.05) is 31.7 Å². The normalized spacial score (nSPS) is 18.6. The summed E-state index contributed by atoms with van der Waals surface area (Å²) in [5.74, 6) is 0.583. The van der Waals surface area contributed by atoms with Crippen molar-refractivity contribution in [3.63, 3.8) is 0 Å². The number of nitrogens with zero attached hydrogens (tertiary/aromatic N) is 2. The Bertz CT molecular complexity index is 665. The van der Waals surface area contributed by atoms with Crippen LogP contribution in [0.5, 0.6) is 0 Å². The maximum Gasteiger partial charge on any atom is 0.239 e. The third-order valence-electron chi connectivity index (χ3n) is 5.03. The smallest absolute Gasteiger partial charge is 0.239 e. The van der Waals surface area contributed by atoms with Crippen LogP contribution in [-0.2, 0) is 17.9 Å². The Morgan fingerprint density at radius 2 is 1.89 bits per heavy atom. The molecule has 1 saturated heterocycles. The van der Waals surface area contributed by atoms with Crippen molar-refractivity contribution in [2.24, 2.45) is 4.99 Å². The van der Waals surface area contributed by atoms with Crippen LogP contribution in [0.25, 0.3) is 0 Å². The predicted octanol–water partition coefficient (Wildman–Crippen LogP) is 2.64. The van der Waals surface area contributed by atoms with E-state index in [1.807, 2.05) is 20.8 Å². The Morgan fingerprint density at radius 3 is 2.54 bits per heavy atom. The fourth-order valence-corrected chi connectivity index (χ4v) is 3.52. The second-order valence-electron chi connectivity index (χ2n) is 8.66. The minimum absolute atomic E-state index is 0.0464. The minimum atomic E-state index is -0.236. The Labute approximate surface area is 170 Å². The zero-order chi connectivity index (χ0) is 20.6. The Hall–Kier alpha value is -2.08. The molecule has 0 radical (unpaired) electrons. The topological polar surface area (TPSA) is 68.8 Å². The average molecular weight is 388 g/mol.